The number of benzene rings is 2. The fourth-order valence-corrected chi connectivity index (χ4v) is 2.91. The van der Waals surface area contributed by atoms with Gasteiger partial charge in [-0.15, -0.1) is 0 Å². The molecular weight excluding hydrogens is 261 g/mol. The summed E-state index contributed by atoms with van der Waals surface area (Å²) in [6, 6.07) is 16.0. The average molecular weight is 271 g/mol. The van der Waals surface area contributed by atoms with Gasteiger partial charge >= 0.3 is 0 Å². The number of hydrogen-bond acceptors (Lipinski definition) is 2. The second-order valence-electron chi connectivity index (χ2n) is 4.09. The van der Waals surface area contributed by atoms with Crippen LogP contribution >= 0.6 is 11.9 Å². The number of halogens is 1. The van der Waals surface area contributed by atoms with Gasteiger partial charge in [0.15, 0.2) is 6.29 Å². The summed E-state index contributed by atoms with van der Waals surface area (Å²) in [7, 11) is 0. The van der Waals surface area contributed by atoms with E-state index in [0.717, 1.165) is 22.1 Å². The van der Waals surface area contributed by atoms with Crippen LogP contribution in [-0.2, 0) is 0 Å². The van der Waals surface area contributed by atoms with E-state index in [2.05, 4.69) is 0 Å². The lowest BCUT2D eigenvalue weighted by atomic mass is 10.2. The zero-order valence-corrected chi connectivity index (χ0v) is 10.7. The summed E-state index contributed by atoms with van der Waals surface area (Å²) in [5.41, 5.74) is 1.35. The SMILES string of the molecule is O=Cc1cc2cc(F)ccc2n1Sc1ccccc1. The molecule has 3 rings (SSSR count). The van der Waals surface area contributed by atoms with Crippen molar-refractivity contribution in [2.75, 3.05) is 0 Å². The highest BCUT2D eigenvalue weighted by Crippen LogP contribution is 2.29. The molecule has 0 radical (unpaired) electrons. The van der Waals surface area contributed by atoms with Gasteiger partial charge in [-0.2, -0.15) is 0 Å². The number of nitrogens with zero attached hydrogens (tertiary/aromatic N) is 1. The summed E-state index contributed by atoms with van der Waals surface area (Å²) < 4.78 is 15.0. The van der Waals surface area contributed by atoms with Crippen LogP contribution in [-0.4, -0.2) is 10.3 Å². The van der Waals surface area contributed by atoms with E-state index in [-0.39, 0.29) is 5.82 Å². The highest BCUT2D eigenvalue weighted by molar-refractivity contribution is 7.98. The first-order valence-corrected chi connectivity index (χ1v) is 6.55. The molecule has 0 saturated heterocycles. The lowest BCUT2D eigenvalue weighted by Gasteiger charge is -2.06. The molecule has 0 aliphatic carbocycles. The number of rotatable bonds is 3. The topological polar surface area (TPSA) is 22.0 Å². The van der Waals surface area contributed by atoms with Crippen molar-refractivity contribution in [3.63, 3.8) is 0 Å². The van der Waals surface area contributed by atoms with Gasteiger partial charge in [-0.25, -0.2) is 4.39 Å². The van der Waals surface area contributed by atoms with Crippen molar-refractivity contribution < 1.29 is 9.18 Å². The predicted octanol–water partition coefficient (Wildman–Crippen LogP) is 4.15. The summed E-state index contributed by atoms with van der Waals surface area (Å²) in [5.74, 6) is -0.299. The number of carbonyl (C=O) groups is 1. The van der Waals surface area contributed by atoms with E-state index in [4.69, 9.17) is 0 Å². The lowest BCUT2D eigenvalue weighted by Crippen LogP contribution is -1.92. The molecule has 0 aliphatic rings. The normalized spacial score (nSPS) is 10.8. The first kappa shape index (κ1) is 12.0. The largest absolute Gasteiger partial charge is 0.296 e. The fraction of sp³-hybridized carbons (Fsp3) is 0. The molecule has 0 N–H and O–H groups in total. The van der Waals surface area contributed by atoms with Gasteiger partial charge in [-0.05, 0) is 48.3 Å². The molecule has 0 spiro atoms. The van der Waals surface area contributed by atoms with Crippen LogP contribution in [0, 0.1) is 5.82 Å². The molecule has 19 heavy (non-hydrogen) atoms. The Balaban J connectivity index is 2.13. The molecule has 2 nitrogen and oxygen atoms in total. The van der Waals surface area contributed by atoms with Gasteiger partial charge in [0, 0.05) is 10.3 Å². The molecule has 4 heteroatoms. The van der Waals surface area contributed by atoms with Gasteiger partial charge in [-0.1, -0.05) is 18.2 Å². The summed E-state index contributed by atoms with van der Waals surface area (Å²) in [6.07, 6.45) is 0.786. The monoisotopic (exact) mass is 271 g/mol. The Bertz CT molecular complexity index is 736. The standard InChI is InChI=1S/C15H10FNOS/c16-12-6-7-15-11(8-12)9-13(10-18)17(15)19-14-4-2-1-3-5-14/h1-10H. The van der Waals surface area contributed by atoms with Gasteiger partial charge < -0.3 is 0 Å². The van der Waals surface area contributed by atoms with E-state index >= 15 is 0 Å². The highest BCUT2D eigenvalue weighted by Gasteiger charge is 2.10. The molecule has 3 aromatic rings. The smallest absolute Gasteiger partial charge is 0.167 e. The molecule has 0 saturated carbocycles. The van der Waals surface area contributed by atoms with Gasteiger partial charge in [0.1, 0.15) is 5.82 Å². The third kappa shape index (κ3) is 2.27. The van der Waals surface area contributed by atoms with Crippen molar-refractivity contribution in [1.82, 2.24) is 3.97 Å². The van der Waals surface area contributed by atoms with Crippen molar-refractivity contribution in [3.05, 3.63) is 66.1 Å². The fourth-order valence-electron chi connectivity index (χ4n) is 1.95. The Kier molecular flexibility index (Phi) is 3.09. The molecule has 0 bridgehead atoms. The number of fused-ring (bicyclic) bond motifs is 1. The zero-order valence-electron chi connectivity index (χ0n) is 9.92. The average Bonchev–Trinajstić information content (AvgIpc) is 2.77. The van der Waals surface area contributed by atoms with Crippen LogP contribution < -0.4 is 0 Å². The Morgan fingerprint density at radius 2 is 1.84 bits per heavy atom. The van der Waals surface area contributed by atoms with E-state index in [1.807, 2.05) is 34.3 Å². The molecule has 0 atom stereocenters. The van der Waals surface area contributed by atoms with Crippen LogP contribution in [0.2, 0.25) is 0 Å². The van der Waals surface area contributed by atoms with Crippen LogP contribution in [0.1, 0.15) is 10.5 Å². The molecular formula is C15H10FNOS. The van der Waals surface area contributed by atoms with Crippen molar-refractivity contribution >= 4 is 29.1 Å². The first-order valence-electron chi connectivity index (χ1n) is 5.77. The third-order valence-corrected chi connectivity index (χ3v) is 3.88. The molecule has 0 fully saturated rings. The van der Waals surface area contributed by atoms with E-state index in [0.29, 0.717) is 5.69 Å². The molecule has 1 aromatic heterocycles. The van der Waals surface area contributed by atoms with Crippen LogP contribution in [0.3, 0.4) is 0 Å². The summed E-state index contributed by atoms with van der Waals surface area (Å²) >= 11 is 1.44. The maximum Gasteiger partial charge on any atom is 0.167 e. The minimum Gasteiger partial charge on any atom is -0.296 e. The molecule has 0 unspecified atom stereocenters. The van der Waals surface area contributed by atoms with Gasteiger partial charge in [0.25, 0.3) is 0 Å². The van der Waals surface area contributed by atoms with Crippen LogP contribution in [0.25, 0.3) is 10.9 Å². The zero-order chi connectivity index (χ0) is 13.2. The van der Waals surface area contributed by atoms with E-state index in [1.54, 1.807) is 12.1 Å². The highest BCUT2D eigenvalue weighted by atomic mass is 32.2. The number of hydrogen-bond donors (Lipinski definition) is 0. The second-order valence-corrected chi connectivity index (χ2v) is 5.11. The van der Waals surface area contributed by atoms with Gasteiger partial charge in [0.2, 0.25) is 0 Å². The van der Waals surface area contributed by atoms with Crippen molar-refractivity contribution in [2.45, 2.75) is 4.90 Å². The van der Waals surface area contributed by atoms with Crippen LogP contribution in [0.5, 0.6) is 0 Å². The van der Waals surface area contributed by atoms with Crippen LogP contribution in [0.15, 0.2) is 59.5 Å². The quantitative estimate of drug-likeness (QED) is 0.668. The molecule has 2 aromatic carbocycles. The van der Waals surface area contributed by atoms with Gasteiger partial charge in [-0.3, -0.25) is 8.77 Å². The Labute approximate surface area is 114 Å². The Hall–Kier alpha value is -2.07. The third-order valence-electron chi connectivity index (χ3n) is 2.81. The van der Waals surface area contributed by atoms with E-state index in [1.165, 1.54) is 24.1 Å². The Morgan fingerprint density at radius 1 is 1.05 bits per heavy atom. The summed E-state index contributed by atoms with van der Waals surface area (Å²) in [4.78, 5) is 12.2. The van der Waals surface area contributed by atoms with Crippen molar-refractivity contribution in [3.8, 4) is 0 Å². The van der Waals surface area contributed by atoms with Crippen LogP contribution in [0.4, 0.5) is 4.39 Å². The molecule has 0 amide bonds. The second kappa shape index (κ2) is 4.90. The van der Waals surface area contributed by atoms with E-state index in [9.17, 15) is 9.18 Å². The lowest BCUT2D eigenvalue weighted by molar-refractivity contribution is 0.111. The summed E-state index contributed by atoms with van der Waals surface area (Å²) in [6.45, 7) is 0. The van der Waals surface area contributed by atoms with E-state index < -0.39 is 0 Å². The summed E-state index contributed by atoms with van der Waals surface area (Å²) in [5, 5.41) is 0.727. The van der Waals surface area contributed by atoms with Crippen molar-refractivity contribution in [1.29, 1.82) is 0 Å². The number of aldehydes is 1. The number of carbonyl (C=O) groups excluding carboxylic acids is 1. The Morgan fingerprint density at radius 3 is 2.58 bits per heavy atom. The molecule has 0 aliphatic heterocycles. The van der Waals surface area contributed by atoms with Crippen molar-refractivity contribution in [2.24, 2.45) is 0 Å². The minimum absolute atomic E-state index is 0.299. The maximum atomic E-state index is 13.2. The van der Waals surface area contributed by atoms with Gasteiger partial charge in [0.05, 0.1) is 11.2 Å². The predicted molar refractivity (Wildman–Crippen MR) is 75.0 cm³/mol. The minimum atomic E-state index is -0.299. The first-order chi connectivity index (χ1) is 9.28. The number of aromatic nitrogens is 1. The molecule has 94 valence electrons. The molecule has 1 heterocycles. The maximum absolute atomic E-state index is 13.2.